The largest absolute Gasteiger partial charge is 0.481 e. The monoisotopic (exact) mass is 186 g/mol. The van der Waals surface area contributed by atoms with Gasteiger partial charge >= 0.3 is 5.97 Å². The second kappa shape index (κ2) is 4.58. The van der Waals surface area contributed by atoms with E-state index in [1.54, 1.807) is 0 Å². The number of nitrogens with zero attached hydrogens (tertiary/aromatic N) is 1. The molecule has 4 heteroatoms. The minimum atomic E-state index is -0.724. The zero-order valence-electron chi connectivity index (χ0n) is 8.07. The van der Waals surface area contributed by atoms with Gasteiger partial charge in [-0.15, -0.1) is 0 Å². The summed E-state index contributed by atoms with van der Waals surface area (Å²) in [5.74, 6) is -0.724. The number of carbonyl (C=O) groups is 1. The fourth-order valence-electron chi connectivity index (χ4n) is 1.96. The van der Waals surface area contributed by atoms with Crippen LogP contribution in [0.15, 0.2) is 0 Å². The molecule has 4 nitrogen and oxygen atoms in total. The number of hydrogen-bond donors (Lipinski definition) is 2. The van der Waals surface area contributed by atoms with E-state index in [1.165, 1.54) is 0 Å². The number of piperidine rings is 1. The van der Waals surface area contributed by atoms with Gasteiger partial charge in [0.05, 0.1) is 6.42 Å². The molecule has 0 saturated carbocycles. The van der Waals surface area contributed by atoms with Crippen LogP contribution in [0.5, 0.6) is 0 Å². The highest BCUT2D eigenvalue weighted by molar-refractivity contribution is 5.67. The van der Waals surface area contributed by atoms with Gasteiger partial charge in [-0.25, -0.2) is 0 Å². The second-order valence-corrected chi connectivity index (χ2v) is 3.66. The van der Waals surface area contributed by atoms with Crippen LogP contribution in [0, 0.1) is 0 Å². The van der Waals surface area contributed by atoms with E-state index in [0.717, 1.165) is 25.9 Å². The van der Waals surface area contributed by atoms with Crippen molar-refractivity contribution < 1.29 is 9.90 Å². The lowest BCUT2D eigenvalue weighted by Gasteiger charge is -2.36. The van der Waals surface area contributed by atoms with Gasteiger partial charge in [-0.1, -0.05) is 6.92 Å². The first kappa shape index (κ1) is 10.5. The Balaban J connectivity index is 2.49. The molecular formula is C9H18N2O2. The third-order valence-corrected chi connectivity index (χ3v) is 2.69. The number of carboxylic acids is 1. The van der Waals surface area contributed by atoms with Crippen molar-refractivity contribution in [3.05, 3.63) is 0 Å². The topological polar surface area (TPSA) is 66.6 Å². The molecular weight excluding hydrogens is 168 g/mol. The third kappa shape index (κ3) is 2.97. The van der Waals surface area contributed by atoms with Gasteiger partial charge in [0.2, 0.25) is 0 Å². The first-order valence-electron chi connectivity index (χ1n) is 4.85. The highest BCUT2D eigenvalue weighted by Gasteiger charge is 2.26. The summed E-state index contributed by atoms with van der Waals surface area (Å²) in [5.41, 5.74) is 5.80. The summed E-state index contributed by atoms with van der Waals surface area (Å²) in [6.45, 7) is 3.92. The molecule has 1 rings (SSSR count). The number of likely N-dealkylation sites (tertiary alicyclic amines) is 1. The smallest absolute Gasteiger partial charge is 0.304 e. The van der Waals surface area contributed by atoms with Gasteiger partial charge in [0.25, 0.3) is 0 Å². The number of hydrogen-bond acceptors (Lipinski definition) is 3. The maximum absolute atomic E-state index is 10.6. The van der Waals surface area contributed by atoms with Crippen molar-refractivity contribution in [2.45, 2.75) is 38.3 Å². The van der Waals surface area contributed by atoms with Crippen LogP contribution in [-0.2, 0) is 4.79 Å². The van der Waals surface area contributed by atoms with Crippen LogP contribution < -0.4 is 5.73 Å². The Bertz CT molecular complexity index is 184. The number of nitrogens with two attached hydrogens (primary N) is 1. The Hall–Kier alpha value is -0.610. The van der Waals surface area contributed by atoms with Crippen LogP contribution in [-0.4, -0.2) is 41.1 Å². The summed E-state index contributed by atoms with van der Waals surface area (Å²) in [7, 11) is 0. The Morgan fingerprint density at radius 1 is 1.69 bits per heavy atom. The Morgan fingerprint density at radius 3 is 2.92 bits per heavy atom. The fraction of sp³-hybridized carbons (Fsp3) is 0.889. The zero-order valence-corrected chi connectivity index (χ0v) is 8.07. The second-order valence-electron chi connectivity index (χ2n) is 3.66. The highest BCUT2D eigenvalue weighted by Crippen LogP contribution is 2.18. The molecule has 0 amide bonds. The summed E-state index contributed by atoms with van der Waals surface area (Å²) >= 11 is 0. The summed E-state index contributed by atoms with van der Waals surface area (Å²) in [6, 6.07) is 0.332. The molecule has 76 valence electrons. The lowest BCUT2D eigenvalue weighted by molar-refractivity contribution is -0.138. The zero-order chi connectivity index (χ0) is 9.84. The van der Waals surface area contributed by atoms with Gasteiger partial charge in [0.15, 0.2) is 0 Å². The van der Waals surface area contributed by atoms with Gasteiger partial charge < -0.3 is 10.8 Å². The summed E-state index contributed by atoms with van der Waals surface area (Å²) in [4.78, 5) is 12.8. The van der Waals surface area contributed by atoms with E-state index in [-0.39, 0.29) is 18.5 Å². The predicted octanol–water partition coefficient (Wildman–Crippen LogP) is 0.273. The molecule has 0 aromatic rings. The molecule has 0 aliphatic carbocycles. The molecule has 0 aromatic carbocycles. The van der Waals surface area contributed by atoms with Crippen molar-refractivity contribution in [1.82, 2.24) is 4.90 Å². The average molecular weight is 186 g/mol. The fourth-order valence-corrected chi connectivity index (χ4v) is 1.96. The van der Waals surface area contributed by atoms with Gasteiger partial charge in [-0.3, -0.25) is 9.69 Å². The van der Waals surface area contributed by atoms with Gasteiger partial charge in [-0.2, -0.15) is 0 Å². The molecule has 0 spiro atoms. The molecule has 0 radical (unpaired) electrons. The Kier molecular flexibility index (Phi) is 3.69. The molecule has 1 fully saturated rings. The quantitative estimate of drug-likeness (QED) is 0.664. The van der Waals surface area contributed by atoms with Crippen molar-refractivity contribution in [2.24, 2.45) is 5.73 Å². The summed E-state index contributed by atoms with van der Waals surface area (Å²) in [6.07, 6.45) is 2.03. The lowest BCUT2D eigenvalue weighted by Crippen LogP contribution is -2.47. The van der Waals surface area contributed by atoms with E-state index in [1.807, 2.05) is 0 Å². The molecule has 1 saturated heterocycles. The minimum Gasteiger partial charge on any atom is -0.481 e. The van der Waals surface area contributed by atoms with Gasteiger partial charge in [-0.05, 0) is 25.9 Å². The summed E-state index contributed by atoms with van der Waals surface area (Å²) in [5, 5.41) is 8.70. The standard InChI is InChI=1S/C9H18N2O2/c1-2-11-4-3-7(10)5-8(11)6-9(12)13/h7-8H,2-6,10H2,1H3,(H,12,13). The van der Waals surface area contributed by atoms with Crippen molar-refractivity contribution >= 4 is 5.97 Å². The van der Waals surface area contributed by atoms with Crippen LogP contribution in [0.4, 0.5) is 0 Å². The number of carboxylic acid groups (broad SMARTS) is 1. The maximum Gasteiger partial charge on any atom is 0.304 e. The first-order valence-corrected chi connectivity index (χ1v) is 4.85. The Labute approximate surface area is 78.7 Å². The number of aliphatic carboxylic acids is 1. The van der Waals surface area contributed by atoms with Crippen molar-refractivity contribution in [1.29, 1.82) is 0 Å². The molecule has 1 aliphatic rings. The van der Waals surface area contributed by atoms with Crippen molar-refractivity contribution in [2.75, 3.05) is 13.1 Å². The molecule has 1 aliphatic heterocycles. The van der Waals surface area contributed by atoms with E-state index in [4.69, 9.17) is 10.8 Å². The first-order chi connectivity index (χ1) is 6.13. The van der Waals surface area contributed by atoms with Crippen LogP contribution >= 0.6 is 0 Å². The van der Waals surface area contributed by atoms with E-state index in [9.17, 15) is 4.79 Å². The maximum atomic E-state index is 10.6. The highest BCUT2D eigenvalue weighted by atomic mass is 16.4. The van der Waals surface area contributed by atoms with Crippen LogP contribution in [0.3, 0.4) is 0 Å². The summed E-state index contributed by atoms with van der Waals surface area (Å²) < 4.78 is 0. The minimum absolute atomic E-state index is 0.145. The molecule has 2 unspecified atom stereocenters. The molecule has 0 aromatic heterocycles. The van der Waals surface area contributed by atoms with E-state index in [2.05, 4.69) is 11.8 Å². The average Bonchev–Trinajstić information content (AvgIpc) is 2.03. The molecule has 0 bridgehead atoms. The molecule has 3 N–H and O–H groups in total. The van der Waals surface area contributed by atoms with E-state index >= 15 is 0 Å². The Morgan fingerprint density at radius 2 is 2.38 bits per heavy atom. The van der Waals surface area contributed by atoms with Crippen LogP contribution in [0.1, 0.15) is 26.2 Å². The van der Waals surface area contributed by atoms with Gasteiger partial charge in [0, 0.05) is 12.1 Å². The van der Waals surface area contributed by atoms with E-state index < -0.39 is 5.97 Å². The third-order valence-electron chi connectivity index (χ3n) is 2.69. The van der Waals surface area contributed by atoms with Crippen molar-refractivity contribution in [3.8, 4) is 0 Å². The van der Waals surface area contributed by atoms with Crippen LogP contribution in [0.25, 0.3) is 0 Å². The molecule has 2 atom stereocenters. The normalized spacial score (nSPS) is 30.3. The lowest BCUT2D eigenvalue weighted by atomic mass is 9.96. The van der Waals surface area contributed by atoms with Crippen LogP contribution in [0.2, 0.25) is 0 Å². The van der Waals surface area contributed by atoms with Crippen molar-refractivity contribution in [3.63, 3.8) is 0 Å². The predicted molar refractivity (Wildman–Crippen MR) is 50.5 cm³/mol. The van der Waals surface area contributed by atoms with E-state index in [0.29, 0.717) is 0 Å². The molecule has 1 heterocycles. The van der Waals surface area contributed by atoms with Gasteiger partial charge in [0.1, 0.15) is 0 Å². The number of rotatable bonds is 3. The molecule has 13 heavy (non-hydrogen) atoms. The SMILES string of the molecule is CCN1CCC(N)CC1CC(=O)O.